The Morgan fingerprint density at radius 2 is 1.88 bits per heavy atom. The fourth-order valence-electron chi connectivity index (χ4n) is 2.20. The van der Waals surface area contributed by atoms with E-state index in [9.17, 15) is 0 Å². The molecule has 0 saturated heterocycles. The first-order valence-electron chi connectivity index (χ1n) is 6.52. The van der Waals surface area contributed by atoms with Gasteiger partial charge in [0.25, 0.3) is 0 Å². The Morgan fingerprint density at radius 3 is 2.41 bits per heavy atom. The van der Waals surface area contributed by atoms with E-state index in [1.807, 2.05) is 0 Å². The molecule has 2 nitrogen and oxygen atoms in total. The maximum Gasteiger partial charge on any atom is 0.122 e. The molecule has 17 heavy (non-hydrogen) atoms. The summed E-state index contributed by atoms with van der Waals surface area (Å²) < 4.78 is 5.35. The minimum absolute atomic E-state index is 0.458. The minimum Gasteiger partial charge on any atom is -0.496 e. The largest absolute Gasteiger partial charge is 0.496 e. The zero-order valence-electron chi connectivity index (χ0n) is 11.8. The maximum absolute atomic E-state index is 5.35. The van der Waals surface area contributed by atoms with E-state index in [0.29, 0.717) is 6.04 Å². The van der Waals surface area contributed by atoms with Gasteiger partial charge in [0.15, 0.2) is 0 Å². The Morgan fingerprint density at radius 1 is 1.18 bits per heavy atom. The molecule has 0 radical (unpaired) electrons. The normalized spacial score (nSPS) is 12.5. The van der Waals surface area contributed by atoms with Crippen molar-refractivity contribution in [3.05, 3.63) is 28.8 Å². The summed E-state index contributed by atoms with van der Waals surface area (Å²) in [5, 5.41) is 3.60. The van der Waals surface area contributed by atoms with Gasteiger partial charge in [-0.15, -0.1) is 0 Å². The second-order valence-electron chi connectivity index (χ2n) is 4.59. The molecular formula is C15H25NO. The van der Waals surface area contributed by atoms with Crippen LogP contribution in [0.2, 0.25) is 0 Å². The molecule has 0 aliphatic heterocycles. The van der Waals surface area contributed by atoms with E-state index in [1.54, 1.807) is 7.11 Å². The predicted molar refractivity (Wildman–Crippen MR) is 73.8 cm³/mol. The van der Waals surface area contributed by atoms with Gasteiger partial charge in [0.05, 0.1) is 7.11 Å². The van der Waals surface area contributed by atoms with E-state index in [0.717, 1.165) is 18.7 Å². The van der Waals surface area contributed by atoms with Crippen LogP contribution in [0.4, 0.5) is 0 Å². The Hall–Kier alpha value is -1.02. The Labute approximate surface area is 105 Å². The van der Waals surface area contributed by atoms with Crippen molar-refractivity contribution < 1.29 is 4.74 Å². The van der Waals surface area contributed by atoms with E-state index in [1.165, 1.54) is 23.1 Å². The highest BCUT2D eigenvalue weighted by Crippen LogP contribution is 2.27. The van der Waals surface area contributed by atoms with Crippen LogP contribution in [0, 0.1) is 13.8 Å². The topological polar surface area (TPSA) is 21.3 Å². The highest BCUT2D eigenvalue weighted by molar-refractivity contribution is 5.42. The first-order valence-corrected chi connectivity index (χ1v) is 6.52. The SMILES string of the molecule is CCCNC(CC)c1cc(C)c(OC)cc1C. The van der Waals surface area contributed by atoms with Gasteiger partial charge in [0.1, 0.15) is 5.75 Å². The van der Waals surface area contributed by atoms with Gasteiger partial charge in [-0.25, -0.2) is 0 Å². The number of rotatable bonds is 6. The lowest BCUT2D eigenvalue weighted by Crippen LogP contribution is -2.22. The third-order valence-electron chi connectivity index (χ3n) is 3.21. The summed E-state index contributed by atoms with van der Waals surface area (Å²) in [7, 11) is 1.73. The minimum atomic E-state index is 0.458. The summed E-state index contributed by atoms with van der Waals surface area (Å²) in [5.41, 5.74) is 3.92. The first-order chi connectivity index (χ1) is 8.13. The van der Waals surface area contributed by atoms with Crippen molar-refractivity contribution in [2.24, 2.45) is 0 Å². The van der Waals surface area contributed by atoms with Crippen LogP contribution in [0.3, 0.4) is 0 Å². The molecule has 1 aromatic rings. The molecule has 0 aromatic heterocycles. The number of hydrogen-bond donors (Lipinski definition) is 1. The average Bonchev–Trinajstić information content (AvgIpc) is 2.33. The van der Waals surface area contributed by atoms with Gasteiger partial charge < -0.3 is 10.1 Å². The van der Waals surface area contributed by atoms with Crippen LogP contribution in [-0.4, -0.2) is 13.7 Å². The third kappa shape index (κ3) is 3.47. The first kappa shape index (κ1) is 14.0. The van der Waals surface area contributed by atoms with Crippen molar-refractivity contribution in [3.8, 4) is 5.75 Å². The lowest BCUT2D eigenvalue weighted by molar-refractivity contribution is 0.410. The van der Waals surface area contributed by atoms with Crippen LogP contribution < -0.4 is 10.1 Å². The van der Waals surface area contributed by atoms with E-state index < -0.39 is 0 Å². The molecule has 0 spiro atoms. The fraction of sp³-hybridized carbons (Fsp3) is 0.600. The van der Waals surface area contributed by atoms with Crippen molar-refractivity contribution in [2.45, 2.75) is 46.6 Å². The molecule has 1 aromatic carbocycles. The molecule has 1 unspecified atom stereocenters. The molecule has 0 aliphatic carbocycles. The van der Waals surface area contributed by atoms with Gasteiger partial charge in [-0.1, -0.05) is 19.9 Å². The van der Waals surface area contributed by atoms with E-state index in [2.05, 4.69) is 45.1 Å². The summed E-state index contributed by atoms with van der Waals surface area (Å²) in [5.74, 6) is 0.983. The average molecular weight is 235 g/mol. The Kier molecular flexibility index (Phi) is 5.49. The molecule has 0 amide bonds. The van der Waals surface area contributed by atoms with Crippen LogP contribution in [0.15, 0.2) is 12.1 Å². The Bertz CT molecular complexity index is 360. The molecule has 0 heterocycles. The summed E-state index contributed by atoms with van der Waals surface area (Å²) in [6.45, 7) is 9.77. The van der Waals surface area contributed by atoms with Gasteiger partial charge >= 0.3 is 0 Å². The number of benzene rings is 1. The van der Waals surface area contributed by atoms with Crippen molar-refractivity contribution >= 4 is 0 Å². The lowest BCUT2D eigenvalue weighted by atomic mass is 9.96. The second-order valence-corrected chi connectivity index (χ2v) is 4.59. The standard InChI is InChI=1S/C15H25NO/c1-6-8-16-14(7-2)13-9-12(4)15(17-5)10-11(13)3/h9-10,14,16H,6-8H2,1-5H3. The van der Waals surface area contributed by atoms with Crippen LogP contribution in [-0.2, 0) is 0 Å². The zero-order chi connectivity index (χ0) is 12.8. The highest BCUT2D eigenvalue weighted by atomic mass is 16.5. The Balaban J connectivity index is 2.99. The monoisotopic (exact) mass is 235 g/mol. The predicted octanol–water partition coefficient (Wildman–Crippen LogP) is 3.76. The van der Waals surface area contributed by atoms with Crippen molar-refractivity contribution in [1.29, 1.82) is 0 Å². The van der Waals surface area contributed by atoms with Gasteiger partial charge in [-0.05, 0) is 56.0 Å². The maximum atomic E-state index is 5.35. The highest BCUT2D eigenvalue weighted by Gasteiger charge is 2.13. The van der Waals surface area contributed by atoms with Crippen LogP contribution in [0.1, 0.15) is 49.4 Å². The second kappa shape index (κ2) is 6.65. The number of hydrogen-bond acceptors (Lipinski definition) is 2. The summed E-state index contributed by atoms with van der Waals surface area (Å²) in [6.07, 6.45) is 2.29. The van der Waals surface area contributed by atoms with Crippen molar-refractivity contribution in [3.63, 3.8) is 0 Å². The molecule has 2 heteroatoms. The molecule has 0 bridgehead atoms. The van der Waals surface area contributed by atoms with Gasteiger partial charge in [-0.2, -0.15) is 0 Å². The van der Waals surface area contributed by atoms with Crippen LogP contribution in [0.5, 0.6) is 5.75 Å². The lowest BCUT2D eigenvalue weighted by Gasteiger charge is -2.21. The summed E-state index contributed by atoms with van der Waals surface area (Å²) >= 11 is 0. The van der Waals surface area contributed by atoms with Gasteiger partial charge in [0, 0.05) is 6.04 Å². The van der Waals surface area contributed by atoms with Crippen LogP contribution >= 0.6 is 0 Å². The number of aryl methyl sites for hydroxylation is 2. The molecule has 0 saturated carbocycles. The third-order valence-corrected chi connectivity index (χ3v) is 3.21. The number of ether oxygens (including phenoxy) is 1. The molecule has 0 fully saturated rings. The number of methoxy groups -OCH3 is 1. The molecule has 1 rings (SSSR count). The van der Waals surface area contributed by atoms with E-state index >= 15 is 0 Å². The molecule has 1 N–H and O–H groups in total. The molecular weight excluding hydrogens is 210 g/mol. The van der Waals surface area contributed by atoms with E-state index in [-0.39, 0.29) is 0 Å². The van der Waals surface area contributed by atoms with Gasteiger partial charge in [0.2, 0.25) is 0 Å². The molecule has 96 valence electrons. The molecule has 0 aliphatic rings. The zero-order valence-corrected chi connectivity index (χ0v) is 11.8. The smallest absolute Gasteiger partial charge is 0.122 e. The molecule has 1 atom stereocenters. The quantitative estimate of drug-likeness (QED) is 0.810. The van der Waals surface area contributed by atoms with E-state index in [4.69, 9.17) is 4.74 Å². The summed E-state index contributed by atoms with van der Waals surface area (Å²) in [4.78, 5) is 0. The van der Waals surface area contributed by atoms with Gasteiger partial charge in [-0.3, -0.25) is 0 Å². The fourth-order valence-corrected chi connectivity index (χ4v) is 2.20. The number of nitrogens with one attached hydrogen (secondary N) is 1. The van der Waals surface area contributed by atoms with Crippen molar-refractivity contribution in [1.82, 2.24) is 5.32 Å². The van der Waals surface area contributed by atoms with Crippen LogP contribution in [0.25, 0.3) is 0 Å². The van der Waals surface area contributed by atoms with Crippen molar-refractivity contribution in [2.75, 3.05) is 13.7 Å². The summed E-state index contributed by atoms with van der Waals surface area (Å²) in [6, 6.07) is 4.85.